The minimum Gasteiger partial charge on any atom is -0.382 e. The molecular weight excluding hydrogens is 242 g/mol. The number of aryl methyl sites for hydroxylation is 1. The smallest absolute Gasteiger partial charge is 0.258 e. The van der Waals surface area contributed by atoms with E-state index >= 15 is 0 Å². The fraction of sp³-hybridized carbons (Fsp3) is 0.231. The Bertz CT molecular complexity index is 619. The van der Waals surface area contributed by atoms with E-state index in [1.54, 1.807) is 24.0 Å². The summed E-state index contributed by atoms with van der Waals surface area (Å²) in [7, 11) is 1.79. The summed E-state index contributed by atoms with van der Waals surface area (Å²) in [5, 5.41) is 13.4. The lowest BCUT2D eigenvalue weighted by Gasteiger charge is -2.22. The van der Waals surface area contributed by atoms with Crippen LogP contribution in [0.3, 0.4) is 0 Å². The number of nitrogens with zero attached hydrogens (tertiary/aromatic N) is 2. The standard InChI is InChI=1S/C13H15N5O/c1-18-11(5-6-16-18)17-13(19)9-3-2-4-10-12(9)15-8-7-14-10/h2-6,14-15H,7-8H2,1H3,(H,17,19). The highest BCUT2D eigenvalue weighted by atomic mass is 16.1. The van der Waals surface area contributed by atoms with Crippen LogP contribution in [0.25, 0.3) is 0 Å². The maximum absolute atomic E-state index is 12.3. The molecule has 1 aliphatic heterocycles. The van der Waals surface area contributed by atoms with Crippen molar-refractivity contribution in [1.29, 1.82) is 0 Å². The van der Waals surface area contributed by atoms with Gasteiger partial charge in [0.15, 0.2) is 0 Å². The summed E-state index contributed by atoms with van der Waals surface area (Å²) in [6.45, 7) is 1.67. The molecule has 6 heteroatoms. The van der Waals surface area contributed by atoms with Crippen molar-refractivity contribution in [3.05, 3.63) is 36.0 Å². The van der Waals surface area contributed by atoms with Gasteiger partial charge in [-0.2, -0.15) is 5.10 Å². The first-order valence-corrected chi connectivity index (χ1v) is 6.16. The molecule has 0 bridgehead atoms. The van der Waals surface area contributed by atoms with Crippen molar-refractivity contribution in [2.45, 2.75) is 0 Å². The third-order valence-corrected chi connectivity index (χ3v) is 3.11. The predicted octanol–water partition coefficient (Wildman–Crippen LogP) is 1.51. The Morgan fingerprint density at radius 3 is 2.95 bits per heavy atom. The van der Waals surface area contributed by atoms with E-state index < -0.39 is 0 Å². The van der Waals surface area contributed by atoms with Crippen molar-refractivity contribution in [3.63, 3.8) is 0 Å². The largest absolute Gasteiger partial charge is 0.382 e. The van der Waals surface area contributed by atoms with E-state index in [0.29, 0.717) is 11.4 Å². The van der Waals surface area contributed by atoms with Crippen molar-refractivity contribution in [3.8, 4) is 0 Å². The lowest BCUT2D eigenvalue weighted by molar-refractivity contribution is 0.102. The van der Waals surface area contributed by atoms with Crippen LogP contribution in [0.5, 0.6) is 0 Å². The van der Waals surface area contributed by atoms with E-state index in [0.717, 1.165) is 24.5 Å². The molecule has 0 radical (unpaired) electrons. The summed E-state index contributed by atoms with van der Waals surface area (Å²) in [6, 6.07) is 7.41. The van der Waals surface area contributed by atoms with E-state index in [1.807, 2.05) is 18.2 Å². The molecule has 2 aromatic rings. The number of hydrogen-bond donors (Lipinski definition) is 3. The summed E-state index contributed by atoms with van der Waals surface area (Å²) in [4.78, 5) is 12.3. The second kappa shape index (κ2) is 4.64. The maximum atomic E-state index is 12.3. The van der Waals surface area contributed by atoms with Gasteiger partial charge in [-0.05, 0) is 12.1 Å². The minimum atomic E-state index is -0.142. The number of aromatic nitrogens is 2. The zero-order valence-corrected chi connectivity index (χ0v) is 10.6. The Labute approximate surface area is 110 Å². The zero-order chi connectivity index (χ0) is 13.2. The van der Waals surface area contributed by atoms with E-state index in [4.69, 9.17) is 0 Å². The summed E-state index contributed by atoms with van der Waals surface area (Å²) in [5.74, 6) is 0.531. The summed E-state index contributed by atoms with van der Waals surface area (Å²) < 4.78 is 1.62. The Balaban J connectivity index is 1.90. The van der Waals surface area contributed by atoms with Gasteiger partial charge in [-0.25, -0.2) is 0 Å². The molecule has 19 heavy (non-hydrogen) atoms. The van der Waals surface area contributed by atoms with Crippen molar-refractivity contribution in [1.82, 2.24) is 9.78 Å². The number of nitrogens with one attached hydrogen (secondary N) is 3. The SMILES string of the molecule is Cn1nccc1NC(=O)c1cccc2c1NCCN2. The molecule has 1 amide bonds. The van der Waals surface area contributed by atoms with Crippen LogP contribution in [-0.2, 0) is 7.05 Å². The quantitative estimate of drug-likeness (QED) is 0.762. The molecule has 1 aliphatic rings. The molecule has 3 rings (SSSR count). The van der Waals surface area contributed by atoms with Crippen LogP contribution in [-0.4, -0.2) is 28.8 Å². The van der Waals surface area contributed by atoms with Crippen LogP contribution in [0, 0.1) is 0 Å². The average molecular weight is 257 g/mol. The van der Waals surface area contributed by atoms with Crippen LogP contribution in [0.15, 0.2) is 30.5 Å². The van der Waals surface area contributed by atoms with E-state index in [9.17, 15) is 4.79 Å². The predicted molar refractivity (Wildman–Crippen MR) is 74.6 cm³/mol. The lowest BCUT2D eigenvalue weighted by Crippen LogP contribution is -2.24. The van der Waals surface area contributed by atoms with Gasteiger partial charge in [0.2, 0.25) is 0 Å². The van der Waals surface area contributed by atoms with E-state index in [-0.39, 0.29) is 5.91 Å². The second-order valence-corrected chi connectivity index (χ2v) is 4.38. The molecule has 1 aromatic carbocycles. The van der Waals surface area contributed by atoms with Gasteiger partial charge in [-0.3, -0.25) is 9.48 Å². The maximum Gasteiger partial charge on any atom is 0.258 e. The van der Waals surface area contributed by atoms with Gasteiger partial charge in [0.05, 0.1) is 23.1 Å². The molecule has 1 aromatic heterocycles. The number of amides is 1. The lowest BCUT2D eigenvalue weighted by atomic mass is 10.1. The fourth-order valence-electron chi connectivity index (χ4n) is 2.14. The van der Waals surface area contributed by atoms with Crippen LogP contribution >= 0.6 is 0 Å². The summed E-state index contributed by atoms with van der Waals surface area (Å²) >= 11 is 0. The van der Waals surface area contributed by atoms with E-state index in [2.05, 4.69) is 21.0 Å². The zero-order valence-electron chi connectivity index (χ0n) is 10.6. The molecule has 2 heterocycles. The minimum absolute atomic E-state index is 0.142. The van der Waals surface area contributed by atoms with Crippen molar-refractivity contribution in [2.75, 3.05) is 29.0 Å². The first-order valence-electron chi connectivity index (χ1n) is 6.16. The molecule has 0 unspecified atom stereocenters. The highest BCUT2D eigenvalue weighted by molar-refractivity contribution is 6.09. The van der Waals surface area contributed by atoms with Crippen LogP contribution in [0.4, 0.5) is 17.2 Å². The number of para-hydroxylation sites is 1. The molecular formula is C13H15N5O. The molecule has 98 valence electrons. The Kier molecular flexibility index (Phi) is 2.83. The Hall–Kier alpha value is -2.50. The number of rotatable bonds is 2. The molecule has 0 fully saturated rings. The number of carbonyl (C=O) groups excluding carboxylic acids is 1. The summed E-state index contributed by atoms with van der Waals surface area (Å²) in [5.41, 5.74) is 2.45. The van der Waals surface area contributed by atoms with Crippen LogP contribution in [0.1, 0.15) is 10.4 Å². The normalized spacial score (nSPS) is 13.1. The van der Waals surface area contributed by atoms with Crippen molar-refractivity contribution >= 4 is 23.1 Å². The molecule has 0 saturated carbocycles. The van der Waals surface area contributed by atoms with Gasteiger partial charge in [0.25, 0.3) is 5.91 Å². The van der Waals surface area contributed by atoms with E-state index in [1.165, 1.54) is 0 Å². The third-order valence-electron chi connectivity index (χ3n) is 3.11. The second-order valence-electron chi connectivity index (χ2n) is 4.38. The Morgan fingerprint density at radius 2 is 2.16 bits per heavy atom. The van der Waals surface area contributed by atoms with Gasteiger partial charge in [-0.1, -0.05) is 6.07 Å². The van der Waals surface area contributed by atoms with Crippen molar-refractivity contribution < 1.29 is 4.79 Å². The molecule has 0 spiro atoms. The van der Waals surface area contributed by atoms with Crippen LogP contribution in [0.2, 0.25) is 0 Å². The number of hydrogen-bond acceptors (Lipinski definition) is 4. The third kappa shape index (κ3) is 2.12. The molecule has 6 nitrogen and oxygen atoms in total. The average Bonchev–Trinajstić information content (AvgIpc) is 2.83. The first-order chi connectivity index (χ1) is 9.25. The summed E-state index contributed by atoms with van der Waals surface area (Å²) in [6.07, 6.45) is 1.65. The monoisotopic (exact) mass is 257 g/mol. The highest BCUT2D eigenvalue weighted by Crippen LogP contribution is 2.28. The van der Waals surface area contributed by atoms with Gasteiger partial charge >= 0.3 is 0 Å². The van der Waals surface area contributed by atoms with Gasteiger partial charge in [0.1, 0.15) is 5.82 Å². The van der Waals surface area contributed by atoms with Crippen LogP contribution < -0.4 is 16.0 Å². The molecule has 3 N–H and O–H groups in total. The molecule has 0 atom stereocenters. The topological polar surface area (TPSA) is 71.0 Å². The van der Waals surface area contributed by atoms with Gasteiger partial charge < -0.3 is 16.0 Å². The van der Waals surface area contributed by atoms with Gasteiger partial charge in [-0.15, -0.1) is 0 Å². The first kappa shape index (κ1) is 11.6. The molecule has 0 saturated heterocycles. The van der Waals surface area contributed by atoms with Gasteiger partial charge in [0, 0.05) is 26.2 Å². The number of fused-ring (bicyclic) bond motifs is 1. The number of anilines is 3. The number of carbonyl (C=O) groups is 1. The molecule has 0 aliphatic carbocycles. The highest BCUT2D eigenvalue weighted by Gasteiger charge is 2.17. The fourth-order valence-corrected chi connectivity index (χ4v) is 2.14. The Morgan fingerprint density at radius 1 is 1.32 bits per heavy atom. The van der Waals surface area contributed by atoms with Crippen molar-refractivity contribution in [2.24, 2.45) is 7.05 Å². The number of benzene rings is 1.